The van der Waals surface area contributed by atoms with Crippen LogP contribution in [0.5, 0.6) is 0 Å². The molecule has 7 heteroatoms. The third-order valence-electron chi connectivity index (χ3n) is 3.26. The molecule has 4 nitrogen and oxygen atoms in total. The van der Waals surface area contributed by atoms with Gasteiger partial charge in [-0.2, -0.15) is 0 Å². The summed E-state index contributed by atoms with van der Waals surface area (Å²) < 4.78 is 3.20. The molecule has 0 unspecified atom stereocenters. The number of thioether (sulfide) groups is 1. The largest absolute Gasteiger partial charge is 0.292 e. The van der Waals surface area contributed by atoms with E-state index < -0.39 is 0 Å². The molecule has 0 radical (unpaired) electrons. The van der Waals surface area contributed by atoms with Crippen molar-refractivity contribution >= 4 is 55.4 Å². The Labute approximate surface area is 138 Å². The number of fused-ring (bicyclic) bond motifs is 3. The maximum absolute atomic E-state index is 12.2. The molecule has 4 rings (SSSR count). The number of thiazole rings is 1. The molecule has 0 fully saturated rings. The Kier molecular flexibility index (Phi) is 3.48. The highest BCUT2D eigenvalue weighted by Gasteiger charge is 2.15. The van der Waals surface area contributed by atoms with Gasteiger partial charge in [0.15, 0.2) is 10.9 Å². The summed E-state index contributed by atoms with van der Waals surface area (Å²) in [5.41, 5.74) is 1.09. The van der Waals surface area contributed by atoms with Gasteiger partial charge in [0.25, 0.3) is 0 Å². The van der Waals surface area contributed by atoms with Gasteiger partial charge in [0.2, 0.25) is 4.96 Å². The molecule has 1 aromatic carbocycles. The molecule has 0 atom stereocenters. The predicted octanol–water partition coefficient (Wildman–Crippen LogP) is 4.29. The fraction of sp³-hybridized carbons (Fsp3) is 0.133. The van der Waals surface area contributed by atoms with Crippen LogP contribution in [0, 0.1) is 6.92 Å². The minimum Gasteiger partial charge on any atom is -0.292 e. The second-order valence-electron chi connectivity index (χ2n) is 4.79. The first-order valence-corrected chi connectivity index (χ1v) is 9.29. The number of hydrogen-bond acceptors (Lipinski definition) is 6. The molecule has 0 bridgehead atoms. The number of Topliss-reactive ketones (excluding diaryl/α,β-unsaturated/α-hetero) is 1. The first-order valence-electron chi connectivity index (χ1n) is 6.67. The summed E-state index contributed by atoms with van der Waals surface area (Å²) >= 11 is 4.59. The molecule has 0 aliphatic heterocycles. The monoisotopic (exact) mass is 345 g/mol. The number of nitrogens with zero attached hydrogens (tertiary/aromatic N) is 3. The van der Waals surface area contributed by atoms with Crippen molar-refractivity contribution in [2.24, 2.45) is 0 Å². The SMILES string of the molecule is Cc1ccc(C(=O)CSc2nnc3sc4ccccc4n23)s1. The molecule has 0 N–H and O–H groups in total. The topological polar surface area (TPSA) is 47.3 Å². The third kappa shape index (κ3) is 2.35. The number of aryl methyl sites for hydroxylation is 1. The standard InChI is InChI=1S/C15H11N3OS3/c1-9-6-7-13(21-9)11(19)8-20-14-16-17-15-18(14)10-4-2-3-5-12(10)22-15/h2-7H,8H2,1H3. The first kappa shape index (κ1) is 13.9. The van der Waals surface area contributed by atoms with E-state index in [9.17, 15) is 4.79 Å². The van der Waals surface area contributed by atoms with E-state index in [0.29, 0.717) is 5.75 Å². The minimum absolute atomic E-state index is 0.138. The molecule has 110 valence electrons. The van der Waals surface area contributed by atoms with E-state index >= 15 is 0 Å². The molecule has 3 heterocycles. The van der Waals surface area contributed by atoms with Crippen molar-refractivity contribution in [3.8, 4) is 0 Å². The van der Waals surface area contributed by atoms with Crippen LogP contribution in [-0.2, 0) is 0 Å². The zero-order valence-electron chi connectivity index (χ0n) is 11.6. The van der Waals surface area contributed by atoms with Gasteiger partial charge < -0.3 is 0 Å². The van der Waals surface area contributed by atoms with E-state index in [1.165, 1.54) is 27.8 Å². The number of benzene rings is 1. The van der Waals surface area contributed by atoms with Crippen molar-refractivity contribution in [1.82, 2.24) is 14.6 Å². The van der Waals surface area contributed by atoms with Crippen LogP contribution in [0.15, 0.2) is 41.6 Å². The second kappa shape index (κ2) is 5.49. The van der Waals surface area contributed by atoms with Crippen molar-refractivity contribution in [2.75, 3.05) is 5.75 Å². The van der Waals surface area contributed by atoms with Crippen LogP contribution >= 0.6 is 34.4 Å². The normalized spacial score (nSPS) is 11.5. The molecule has 3 aromatic heterocycles. The molecule has 4 aromatic rings. The summed E-state index contributed by atoms with van der Waals surface area (Å²) in [4.78, 5) is 15.1. The van der Waals surface area contributed by atoms with Gasteiger partial charge in [0.1, 0.15) is 0 Å². The number of aromatic nitrogens is 3. The predicted molar refractivity (Wildman–Crippen MR) is 92.5 cm³/mol. The number of carbonyl (C=O) groups excluding carboxylic acids is 1. The van der Waals surface area contributed by atoms with Crippen LogP contribution in [0.25, 0.3) is 15.2 Å². The van der Waals surface area contributed by atoms with Gasteiger partial charge in [-0.3, -0.25) is 9.20 Å². The highest BCUT2D eigenvalue weighted by molar-refractivity contribution is 7.99. The van der Waals surface area contributed by atoms with Crippen LogP contribution in [0.2, 0.25) is 0 Å². The van der Waals surface area contributed by atoms with Crippen molar-refractivity contribution in [3.05, 3.63) is 46.2 Å². The van der Waals surface area contributed by atoms with E-state index in [4.69, 9.17) is 0 Å². The third-order valence-corrected chi connectivity index (χ3v) is 6.24. The minimum atomic E-state index is 0.138. The molecule has 0 amide bonds. The highest BCUT2D eigenvalue weighted by atomic mass is 32.2. The lowest BCUT2D eigenvalue weighted by Gasteiger charge is -1.98. The molecule has 0 aliphatic rings. The average molecular weight is 345 g/mol. The summed E-state index contributed by atoms with van der Waals surface area (Å²) in [6, 6.07) is 12.0. The zero-order valence-corrected chi connectivity index (χ0v) is 14.1. The number of para-hydroxylation sites is 1. The second-order valence-corrected chi connectivity index (χ2v) is 8.03. The quantitative estimate of drug-likeness (QED) is 0.409. The molecule has 0 spiro atoms. The van der Waals surface area contributed by atoms with Crippen LogP contribution in [0.4, 0.5) is 0 Å². The average Bonchev–Trinajstić information content (AvgIpc) is 3.19. The van der Waals surface area contributed by atoms with Crippen molar-refractivity contribution in [3.63, 3.8) is 0 Å². The Balaban J connectivity index is 1.63. The van der Waals surface area contributed by atoms with E-state index in [1.54, 1.807) is 11.3 Å². The van der Waals surface area contributed by atoms with E-state index in [2.05, 4.69) is 22.3 Å². The van der Waals surface area contributed by atoms with Crippen LogP contribution < -0.4 is 0 Å². The molecular weight excluding hydrogens is 334 g/mol. The zero-order chi connectivity index (χ0) is 15.1. The summed E-state index contributed by atoms with van der Waals surface area (Å²) in [7, 11) is 0. The fourth-order valence-electron chi connectivity index (χ4n) is 2.23. The lowest BCUT2D eigenvalue weighted by Crippen LogP contribution is -2.00. The van der Waals surface area contributed by atoms with Gasteiger partial charge in [-0.25, -0.2) is 0 Å². The van der Waals surface area contributed by atoms with Gasteiger partial charge in [-0.15, -0.1) is 21.5 Å². The number of rotatable bonds is 4. The molecular formula is C15H11N3OS3. The highest BCUT2D eigenvalue weighted by Crippen LogP contribution is 2.30. The van der Waals surface area contributed by atoms with Crippen molar-refractivity contribution in [2.45, 2.75) is 12.1 Å². The Morgan fingerprint density at radius 1 is 1.18 bits per heavy atom. The maximum Gasteiger partial charge on any atom is 0.217 e. The van der Waals surface area contributed by atoms with Crippen molar-refractivity contribution in [1.29, 1.82) is 0 Å². The van der Waals surface area contributed by atoms with Gasteiger partial charge in [-0.1, -0.05) is 35.2 Å². The smallest absolute Gasteiger partial charge is 0.217 e. The lowest BCUT2D eigenvalue weighted by atomic mass is 10.3. The van der Waals surface area contributed by atoms with Gasteiger partial charge in [0.05, 0.1) is 20.8 Å². The fourth-order valence-corrected chi connectivity index (χ4v) is 4.98. The van der Waals surface area contributed by atoms with Crippen molar-refractivity contribution < 1.29 is 4.79 Å². The Bertz CT molecular complexity index is 982. The number of carbonyl (C=O) groups is 1. The van der Waals surface area contributed by atoms with E-state index in [0.717, 1.165) is 25.4 Å². The van der Waals surface area contributed by atoms with Gasteiger partial charge in [0, 0.05) is 4.88 Å². The number of ketones is 1. The van der Waals surface area contributed by atoms with E-state index in [-0.39, 0.29) is 5.78 Å². The molecule has 0 aliphatic carbocycles. The first-order chi connectivity index (χ1) is 10.7. The lowest BCUT2D eigenvalue weighted by molar-refractivity contribution is 0.102. The molecule has 22 heavy (non-hydrogen) atoms. The number of hydrogen-bond donors (Lipinski definition) is 0. The Morgan fingerprint density at radius 3 is 2.86 bits per heavy atom. The van der Waals surface area contributed by atoms with Crippen LogP contribution in [-0.4, -0.2) is 26.1 Å². The van der Waals surface area contributed by atoms with Crippen LogP contribution in [0.1, 0.15) is 14.5 Å². The Morgan fingerprint density at radius 2 is 2.05 bits per heavy atom. The summed E-state index contributed by atoms with van der Waals surface area (Å²) in [6.07, 6.45) is 0. The van der Waals surface area contributed by atoms with Crippen LogP contribution in [0.3, 0.4) is 0 Å². The summed E-state index contributed by atoms with van der Waals surface area (Å²) in [5.74, 6) is 0.518. The van der Waals surface area contributed by atoms with Gasteiger partial charge >= 0.3 is 0 Å². The van der Waals surface area contributed by atoms with Gasteiger partial charge in [-0.05, 0) is 31.2 Å². The molecule has 0 saturated heterocycles. The summed E-state index contributed by atoms with van der Waals surface area (Å²) in [5, 5.41) is 9.20. The van der Waals surface area contributed by atoms with E-state index in [1.807, 2.05) is 35.6 Å². The Hall–Kier alpha value is -1.70. The molecule has 0 saturated carbocycles. The maximum atomic E-state index is 12.2. The number of thiophene rings is 1. The summed E-state index contributed by atoms with van der Waals surface area (Å²) in [6.45, 7) is 2.01.